The second-order valence-electron chi connectivity index (χ2n) is 4.03. The maximum atomic E-state index is 5.92. The van der Waals surface area contributed by atoms with Gasteiger partial charge in [0, 0.05) is 16.4 Å². The molecule has 0 spiro atoms. The van der Waals surface area contributed by atoms with Crippen molar-refractivity contribution < 1.29 is 9.26 Å². The molecule has 5 nitrogen and oxygen atoms in total. The molecule has 1 aliphatic rings. The minimum atomic E-state index is -0.0674. The first-order valence-corrected chi connectivity index (χ1v) is 7.60. The molecule has 0 aromatic carbocycles. The summed E-state index contributed by atoms with van der Waals surface area (Å²) in [5, 5.41) is 4.70. The molecule has 1 aliphatic heterocycles. The molecule has 0 bridgehead atoms. The Morgan fingerprint density at radius 2 is 2.39 bits per heavy atom. The molecule has 2 N–H and O–H groups in total. The fourth-order valence-electron chi connectivity index (χ4n) is 1.81. The molecule has 1 saturated heterocycles. The molecule has 1 unspecified atom stereocenters. The molecule has 2 aromatic rings. The predicted molar refractivity (Wildman–Crippen MR) is 72.8 cm³/mol. The van der Waals surface area contributed by atoms with Crippen molar-refractivity contribution in [2.75, 3.05) is 23.8 Å². The monoisotopic (exact) mass is 283 g/mol. The number of aromatic nitrogens is 2. The Bertz CT molecular complexity index is 546. The van der Waals surface area contributed by atoms with Gasteiger partial charge in [-0.25, -0.2) is 0 Å². The second kappa shape index (κ2) is 4.91. The standard InChI is InChI=1S/C11H13N3O2S2/c1-6-4-7(9(12)18-6)11-13-10(14-16-11)8-5-17-3-2-15-8/h4,8H,2-3,5,12H2,1H3. The van der Waals surface area contributed by atoms with Gasteiger partial charge in [-0.05, 0) is 13.0 Å². The summed E-state index contributed by atoms with van der Waals surface area (Å²) in [6.45, 7) is 2.74. The maximum Gasteiger partial charge on any atom is 0.261 e. The van der Waals surface area contributed by atoms with Crippen LogP contribution in [0.1, 0.15) is 16.8 Å². The van der Waals surface area contributed by atoms with Gasteiger partial charge in [-0.2, -0.15) is 16.7 Å². The Hall–Kier alpha value is -1.05. The molecule has 0 saturated carbocycles. The highest BCUT2D eigenvalue weighted by molar-refractivity contribution is 7.99. The third kappa shape index (κ3) is 2.25. The number of hydrogen-bond acceptors (Lipinski definition) is 7. The zero-order chi connectivity index (χ0) is 12.5. The molecule has 0 amide bonds. The number of anilines is 1. The first-order valence-electron chi connectivity index (χ1n) is 5.63. The summed E-state index contributed by atoms with van der Waals surface area (Å²) < 4.78 is 10.9. The average Bonchev–Trinajstić information content (AvgIpc) is 2.97. The van der Waals surface area contributed by atoms with Crippen LogP contribution in [0.5, 0.6) is 0 Å². The van der Waals surface area contributed by atoms with E-state index in [0.717, 1.165) is 28.6 Å². The molecular formula is C11H13N3O2S2. The maximum absolute atomic E-state index is 5.92. The van der Waals surface area contributed by atoms with E-state index in [1.807, 2.05) is 24.8 Å². The summed E-state index contributed by atoms with van der Waals surface area (Å²) >= 11 is 3.36. The summed E-state index contributed by atoms with van der Waals surface area (Å²) in [6.07, 6.45) is -0.0674. The number of nitrogen functional groups attached to an aromatic ring is 1. The van der Waals surface area contributed by atoms with Gasteiger partial charge in [0.1, 0.15) is 6.10 Å². The smallest absolute Gasteiger partial charge is 0.261 e. The lowest BCUT2D eigenvalue weighted by atomic mass is 10.3. The van der Waals surface area contributed by atoms with Gasteiger partial charge in [0.25, 0.3) is 5.89 Å². The molecule has 3 heterocycles. The van der Waals surface area contributed by atoms with Gasteiger partial charge < -0.3 is 15.0 Å². The van der Waals surface area contributed by atoms with E-state index in [1.54, 1.807) is 0 Å². The Kier molecular flexibility index (Phi) is 3.27. The van der Waals surface area contributed by atoms with Crippen LogP contribution < -0.4 is 5.73 Å². The Balaban J connectivity index is 1.86. The van der Waals surface area contributed by atoms with Gasteiger partial charge in [-0.3, -0.25) is 0 Å². The minimum Gasteiger partial charge on any atom is -0.390 e. The molecule has 18 heavy (non-hydrogen) atoms. The quantitative estimate of drug-likeness (QED) is 0.912. The van der Waals surface area contributed by atoms with Crippen molar-refractivity contribution in [1.29, 1.82) is 0 Å². The highest BCUT2D eigenvalue weighted by Crippen LogP contribution is 2.33. The first kappa shape index (κ1) is 12.0. The number of nitrogens with zero attached hydrogens (tertiary/aromatic N) is 2. The Morgan fingerprint density at radius 3 is 3.06 bits per heavy atom. The van der Waals surface area contributed by atoms with Crippen LogP contribution in [-0.2, 0) is 4.74 Å². The third-order valence-electron chi connectivity index (χ3n) is 2.66. The van der Waals surface area contributed by atoms with Crippen molar-refractivity contribution in [2.45, 2.75) is 13.0 Å². The van der Waals surface area contributed by atoms with Gasteiger partial charge in [0.2, 0.25) is 5.82 Å². The Morgan fingerprint density at radius 1 is 1.50 bits per heavy atom. The van der Waals surface area contributed by atoms with Crippen LogP contribution in [0, 0.1) is 6.92 Å². The van der Waals surface area contributed by atoms with E-state index in [0.29, 0.717) is 16.7 Å². The number of nitrogens with two attached hydrogens (primary N) is 1. The van der Waals surface area contributed by atoms with Gasteiger partial charge in [0.15, 0.2) is 0 Å². The van der Waals surface area contributed by atoms with Crippen molar-refractivity contribution in [3.05, 3.63) is 16.8 Å². The minimum absolute atomic E-state index is 0.0674. The summed E-state index contributed by atoms with van der Waals surface area (Å²) in [5.74, 6) is 2.99. The normalized spacial score (nSPS) is 20.2. The molecule has 0 radical (unpaired) electrons. The van der Waals surface area contributed by atoms with Crippen LogP contribution in [0.2, 0.25) is 0 Å². The van der Waals surface area contributed by atoms with Crippen LogP contribution in [-0.4, -0.2) is 28.3 Å². The molecule has 0 aliphatic carbocycles. The lowest BCUT2D eigenvalue weighted by Crippen LogP contribution is -2.16. The molecule has 3 rings (SSSR count). The van der Waals surface area contributed by atoms with Gasteiger partial charge >= 0.3 is 0 Å². The zero-order valence-corrected chi connectivity index (χ0v) is 11.5. The third-order valence-corrected chi connectivity index (χ3v) is 4.53. The summed E-state index contributed by atoms with van der Waals surface area (Å²) in [4.78, 5) is 5.52. The summed E-state index contributed by atoms with van der Waals surface area (Å²) in [6, 6.07) is 1.97. The molecule has 96 valence electrons. The van der Waals surface area contributed by atoms with Crippen LogP contribution in [0.25, 0.3) is 11.5 Å². The largest absolute Gasteiger partial charge is 0.390 e. The van der Waals surface area contributed by atoms with Gasteiger partial charge in [-0.15, -0.1) is 11.3 Å². The van der Waals surface area contributed by atoms with Crippen molar-refractivity contribution in [3.8, 4) is 11.5 Å². The lowest BCUT2D eigenvalue weighted by molar-refractivity contribution is 0.0677. The van der Waals surface area contributed by atoms with Gasteiger partial charge in [0.05, 0.1) is 17.2 Å². The lowest BCUT2D eigenvalue weighted by Gasteiger charge is -2.18. The van der Waals surface area contributed by atoms with Gasteiger partial charge in [-0.1, -0.05) is 5.16 Å². The molecular weight excluding hydrogens is 270 g/mol. The van der Waals surface area contributed by atoms with Crippen molar-refractivity contribution in [1.82, 2.24) is 10.1 Å². The van der Waals surface area contributed by atoms with Crippen LogP contribution >= 0.6 is 23.1 Å². The van der Waals surface area contributed by atoms with Crippen LogP contribution in [0.3, 0.4) is 0 Å². The van der Waals surface area contributed by atoms with E-state index in [4.69, 9.17) is 15.0 Å². The number of thioether (sulfide) groups is 1. The topological polar surface area (TPSA) is 74.2 Å². The molecule has 7 heteroatoms. The number of hydrogen-bond donors (Lipinski definition) is 1. The number of rotatable bonds is 2. The summed E-state index contributed by atoms with van der Waals surface area (Å²) in [5.41, 5.74) is 6.74. The highest BCUT2D eigenvalue weighted by Gasteiger charge is 2.23. The van der Waals surface area contributed by atoms with Crippen molar-refractivity contribution >= 4 is 28.1 Å². The number of aryl methyl sites for hydroxylation is 1. The van der Waals surface area contributed by atoms with E-state index in [-0.39, 0.29) is 6.10 Å². The van der Waals surface area contributed by atoms with E-state index < -0.39 is 0 Å². The van der Waals surface area contributed by atoms with E-state index in [2.05, 4.69) is 10.1 Å². The summed E-state index contributed by atoms with van der Waals surface area (Å²) in [7, 11) is 0. The van der Waals surface area contributed by atoms with Crippen molar-refractivity contribution in [3.63, 3.8) is 0 Å². The fraction of sp³-hybridized carbons (Fsp3) is 0.455. The number of thiophene rings is 1. The van der Waals surface area contributed by atoms with Crippen LogP contribution in [0.15, 0.2) is 10.6 Å². The van der Waals surface area contributed by atoms with E-state index >= 15 is 0 Å². The highest BCUT2D eigenvalue weighted by atomic mass is 32.2. The van der Waals surface area contributed by atoms with E-state index in [1.165, 1.54) is 11.3 Å². The second-order valence-corrected chi connectivity index (χ2v) is 6.46. The SMILES string of the molecule is Cc1cc(-c2nc(C3CSCCO3)no2)c(N)s1. The molecule has 1 atom stereocenters. The Labute approximate surface area is 113 Å². The molecule has 2 aromatic heterocycles. The first-order chi connectivity index (χ1) is 8.74. The number of ether oxygens (including phenoxy) is 1. The fourth-order valence-corrected chi connectivity index (χ4v) is 3.43. The zero-order valence-electron chi connectivity index (χ0n) is 9.88. The van der Waals surface area contributed by atoms with Crippen LogP contribution in [0.4, 0.5) is 5.00 Å². The molecule has 1 fully saturated rings. The van der Waals surface area contributed by atoms with Crippen molar-refractivity contribution in [2.24, 2.45) is 0 Å². The average molecular weight is 283 g/mol. The van der Waals surface area contributed by atoms with E-state index in [9.17, 15) is 0 Å². The predicted octanol–water partition coefficient (Wildman–Crippen LogP) is 2.49.